The van der Waals surface area contributed by atoms with Gasteiger partial charge in [-0.15, -0.1) is 0 Å². The minimum absolute atomic E-state index is 0.403. The van der Waals surface area contributed by atoms with Crippen molar-refractivity contribution in [3.63, 3.8) is 0 Å². The van der Waals surface area contributed by atoms with Gasteiger partial charge >= 0.3 is 6.18 Å². The lowest BCUT2D eigenvalue weighted by atomic mass is 9.99. The molecule has 1 aromatic carbocycles. The van der Waals surface area contributed by atoms with Crippen LogP contribution >= 0.6 is 0 Å². The van der Waals surface area contributed by atoms with Crippen LogP contribution in [0, 0.1) is 0 Å². The minimum atomic E-state index is -4.35. The third-order valence-electron chi connectivity index (χ3n) is 2.57. The quantitative estimate of drug-likeness (QED) is 0.739. The van der Waals surface area contributed by atoms with Gasteiger partial charge in [0, 0.05) is 18.8 Å². The third-order valence-corrected chi connectivity index (χ3v) is 2.57. The van der Waals surface area contributed by atoms with Crippen LogP contribution in [0.25, 0.3) is 6.08 Å². The highest BCUT2D eigenvalue weighted by atomic mass is 19.4. The Morgan fingerprint density at radius 1 is 1.31 bits per heavy atom. The zero-order chi connectivity index (χ0) is 11.9. The van der Waals surface area contributed by atoms with Crippen LogP contribution in [0.3, 0.4) is 0 Å². The normalized spacial score (nSPS) is 19.8. The predicted molar refractivity (Wildman–Crippen MR) is 53.2 cm³/mol. The van der Waals surface area contributed by atoms with Crippen LogP contribution in [0.15, 0.2) is 24.4 Å². The number of halogens is 3. The van der Waals surface area contributed by atoms with E-state index in [9.17, 15) is 18.3 Å². The van der Waals surface area contributed by atoms with Crippen LogP contribution in [0.5, 0.6) is 0 Å². The summed E-state index contributed by atoms with van der Waals surface area (Å²) in [5, 5.41) is 9.72. The van der Waals surface area contributed by atoms with E-state index in [2.05, 4.69) is 0 Å². The van der Waals surface area contributed by atoms with Gasteiger partial charge in [0.15, 0.2) is 6.23 Å². The average Bonchev–Trinajstić information content (AvgIpc) is 2.22. The van der Waals surface area contributed by atoms with Crippen molar-refractivity contribution in [3.8, 4) is 0 Å². The minimum Gasteiger partial charge on any atom is -0.369 e. The number of fused-ring (bicyclic) bond motifs is 1. The maximum Gasteiger partial charge on any atom is 0.416 e. The summed E-state index contributed by atoms with van der Waals surface area (Å²) in [5.74, 6) is 0. The van der Waals surface area contributed by atoms with E-state index in [1.807, 2.05) is 0 Å². The van der Waals surface area contributed by atoms with E-state index >= 15 is 0 Å². The first kappa shape index (κ1) is 11.0. The SMILES string of the molecule is CN1C=Cc2cc(C(F)(F)F)ccc2C1O. The Bertz CT molecular complexity index is 439. The summed E-state index contributed by atoms with van der Waals surface area (Å²) in [4.78, 5) is 1.52. The highest BCUT2D eigenvalue weighted by molar-refractivity contribution is 5.57. The van der Waals surface area contributed by atoms with Crippen LogP contribution in [0.4, 0.5) is 13.2 Å². The monoisotopic (exact) mass is 229 g/mol. The predicted octanol–water partition coefficient (Wildman–Crippen LogP) is 2.61. The van der Waals surface area contributed by atoms with E-state index < -0.39 is 18.0 Å². The molecule has 16 heavy (non-hydrogen) atoms. The Hall–Kier alpha value is -1.49. The smallest absolute Gasteiger partial charge is 0.369 e. The summed E-state index contributed by atoms with van der Waals surface area (Å²) >= 11 is 0. The van der Waals surface area contributed by atoms with E-state index in [-0.39, 0.29) is 0 Å². The van der Waals surface area contributed by atoms with Crippen molar-refractivity contribution in [2.24, 2.45) is 0 Å². The molecule has 1 atom stereocenters. The fraction of sp³-hybridized carbons (Fsp3) is 0.273. The van der Waals surface area contributed by atoms with Crippen LogP contribution in [0.2, 0.25) is 0 Å². The fourth-order valence-electron chi connectivity index (χ4n) is 1.63. The second-order valence-electron chi connectivity index (χ2n) is 3.70. The van der Waals surface area contributed by atoms with E-state index in [1.54, 1.807) is 19.3 Å². The highest BCUT2D eigenvalue weighted by Gasteiger charge is 2.31. The first-order valence-electron chi connectivity index (χ1n) is 4.69. The van der Waals surface area contributed by atoms with Crippen molar-refractivity contribution >= 4 is 6.08 Å². The van der Waals surface area contributed by atoms with E-state index in [0.717, 1.165) is 12.1 Å². The summed E-state index contributed by atoms with van der Waals surface area (Å²) in [6.07, 6.45) is -2.14. The number of nitrogens with zero attached hydrogens (tertiary/aromatic N) is 1. The summed E-state index contributed by atoms with van der Waals surface area (Å²) in [5.41, 5.74) is 0.186. The molecule has 0 saturated carbocycles. The topological polar surface area (TPSA) is 23.5 Å². The Morgan fingerprint density at radius 2 is 2.00 bits per heavy atom. The second-order valence-corrected chi connectivity index (χ2v) is 3.70. The van der Waals surface area contributed by atoms with Crippen LogP contribution in [-0.4, -0.2) is 17.1 Å². The maximum atomic E-state index is 12.4. The summed E-state index contributed by atoms with van der Waals surface area (Å²) in [7, 11) is 1.65. The van der Waals surface area contributed by atoms with Gasteiger partial charge in [-0.05, 0) is 23.8 Å². The molecule has 1 N–H and O–H groups in total. The molecule has 0 bridgehead atoms. The van der Waals surface area contributed by atoms with Crippen LogP contribution in [0.1, 0.15) is 22.9 Å². The molecule has 1 heterocycles. The molecule has 1 aliphatic rings. The standard InChI is InChI=1S/C11H10F3NO/c1-15-5-4-7-6-8(11(12,13)14)2-3-9(7)10(15)16/h2-6,10,16H,1H3. The molecule has 0 saturated heterocycles. The van der Waals surface area contributed by atoms with Crippen molar-refractivity contribution in [1.29, 1.82) is 0 Å². The number of hydrogen-bond donors (Lipinski definition) is 1. The molecular weight excluding hydrogens is 219 g/mol. The molecular formula is C11H10F3NO. The second kappa shape index (κ2) is 3.52. The summed E-state index contributed by atoms with van der Waals surface area (Å²) < 4.78 is 37.3. The van der Waals surface area contributed by atoms with Crippen molar-refractivity contribution in [1.82, 2.24) is 4.90 Å². The number of rotatable bonds is 0. The van der Waals surface area contributed by atoms with Gasteiger partial charge in [0.25, 0.3) is 0 Å². The first-order valence-corrected chi connectivity index (χ1v) is 4.69. The molecule has 1 aliphatic heterocycles. The zero-order valence-corrected chi connectivity index (χ0v) is 8.49. The van der Waals surface area contributed by atoms with Gasteiger partial charge in [0.1, 0.15) is 0 Å². The number of aliphatic hydroxyl groups excluding tert-OH is 1. The summed E-state index contributed by atoms with van der Waals surface area (Å²) in [6, 6.07) is 3.33. The summed E-state index contributed by atoms with van der Waals surface area (Å²) in [6.45, 7) is 0. The van der Waals surface area contributed by atoms with E-state index in [1.165, 1.54) is 11.0 Å². The molecule has 0 aliphatic carbocycles. The molecule has 86 valence electrons. The van der Waals surface area contributed by atoms with E-state index in [0.29, 0.717) is 11.1 Å². The van der Waals surface area contributed by atoms with Crippen molar-refractivity contribution < 1.29 is 18.3 Å². The number of aliphatic hydroxyl groups is 1. The average molecular weight is 229 g/mol. The maximum absolute atomic E-state index is 12.4. The molecule has 0 spiro atoms. The first-order chi connectivity index (χ1) is 7.39. The fourth-order valence-corrected chi connectivity index (χ4v) is 1.63. The number of alkyl halides is 3. The van der Waals surface area contributed by atoms with Gasteiger partial charge in [0.2, 0.25) is 0 Å². The molecule has 0 fully saturated rings. The third kappa shape index (κ3) is 1.78. The molecule has 0 radical (unpaired) electrons. The number of benzene rings is 1. The van der Waals surface area contributed by atoms with Gasteiger partial charge in [0.05, 0.1) is 5.56 Å². The van der Waals surface area contributed by atoms with Gasteiger partial charge in [-0.2, -0.15) is 13.2 Å². The molecule has 2 nitrogen and oxygen atoms in total. The van der Waals surface area contributed by atoms with Crippen LogP contribution in [-0.2, 0) is 6.18 Å². The van der Waals surface area contributed by atoms with Gasteiger partial charge in [-0.3, -0.25) is 0 Å². The van der Waals surface area contributed by atoms with Gasteiger partial charge in [-0.25, -0.2) is 0 Å². The zero-order valence-electron chi connectivity index (χ0n) is 8.49. The lowest BCUT2D eigenvalue weighted by Crippen LogP contribution is -2.22. The Kier molecular flexibility index (Phi) is 2.42. The van der Waals surface area contributed by atoms with E-state index in [4.69, 9.17) is 0 Å². The van der Waals surface area contributed by atoms with Crippen molar-refractivity contribution in [2.75, 3.05) is 7.05 Å². The van der Waals surface area contributed by atoms with Gasteiger partial charge in [-0.1, -0.05) is 6.07 Å². The van der Waals surface area contributed by atoms with Crippen LogP contribution < -0.4 is 0 Å². The molecule has 0 amide bonds. The lowest BCUT2D eigenvalue weighted by Gasteiger charge is -2.27. The number of hydrogen-bond acceptors (Lipinski definition) is 2. The Morgan fingerprint density at radius 3 is 2.62 bits per heavy atom. The molecule has 1 aromatic rings. The van der Waals surface area contributed by atoms with Crippen molar-refractivity contribution in [3.05, 3.63) is 41.1 Å². The van der Waals surface area contributed by atoms with Gasteiger partial charge < -0.3 is 10.0 Å². The molecule has 1 unspecified atom stereocenters. The largest absolute Gasteiger partial charge is 0.416 e. The lowest BCUT2D eigenvalue weighted by molar-refractivity contribution is -0.137. The Balaban J connectivity index is 2.48. The van der Waals surface area contributed by atoms with Crippen molar-refractivity contribution in [2.45, 2.75) is 12.4 Å². The molecule has 0 aromatic heterocycles. The Labute approximate surface area is 90.6 Å². The molecule has 2 rings (SSSR count). The molecule has 5 heteroatoms. The highest BCUT2D eigenvalue weighted by Crippen LogP contribution is 2.34.